The fraction of sp³-hybridized carbons (Fsp3) is 0.188. The van der Waals surface area contributed by atoms with Gasteiger partial charge >= 0.3 is 0 Å². The Labute approximate surface area is 622 Å². The van der Waals surface area contributed by atoms with Crippen LogP contribution in [0.25, 0.3) is 0 Å². The van der Waals surface area contributed by atoms with Crippen LogP contribution in [0.2, 0.25) is 0 Å². The number of rotatable bonds is 6. The van der Waals surface area contributed by atoms with Crippen LogP contribution in [0.4, 0.5) is 102 Å². The first-order valence-electron chi connectivity index (χ1n) is 37.7. The largest absolute Gasteiger partial charge is 0.311 e. The van der Waals surface area contributed by atoms with Crippen LogP contribution in [0, 0.1) is 125 Å². The molecule has 0 aromatic heterocycles. The van der Waals surface area contributed by atoms with Gasteiger partial charge in [-0.25, -0.2) is 0 Å². The second kappa shape index (κ2) is 23.2. The highest BCUT2D eigenvalue weighted by Crippen LogP contribution is 2.54. The molecule has 13 aromatic carbocycles. The first kappa shape index (κ1) is 64.7. The molecular formula is C96H87B3N6. The molecule has 6 heterocycles. The molecule has 0 atom stereocenters. The molecule has 6 aliphatic heterocycles. The van der Waals surface area contributed by atoms with E-state index in [0.717, 1.165) is 0 Å². The molecule has 9 heteroatoms. The molecule has 0 saturated carbocycles. The predicted molar refractivity (Wildman–Crippen MR) is 454 cm³/mol. The average molecular weight is 1360 g/mol. The summed E-state index contributed by atoms with van der Waals surface area (Å²) in [5, 5.41) is 0. The van der Waals surface area contributed by atoms with Crippen molar-refractivity contribution in [1.29, 1.82) is 0 Å². The van der Waals surface area contributed by atoms with Gasteiger partial charge in [0.2, 0.25) is 0 Å². The summed E-state index contributed by atoms with van der Waals surface area (Å²) in [6, 6.07) is 79.7. The fourth-order valence-electron chi connectivity index (χ4n) is 21.3. The van der Waals surface area contributed by atoms with Crippen molar-refractivity contribution in [2.75, 3.05) is 29.4 Å². The maximum atomic E-state index is 2.74. The Morgan fingerprint density at radius 3 is 0.543 bits per heavy atom. The van der Waals surface area contributed by atoms with Crippen molar-refractivity contribution in [3.63, 3.8) is 0 Å². The Hall–Kier alpha value is -11.1. The van der Waals surface area contributed by atoms with Crippen LogP contribution in [0.1, 0.15) is 100 Å². The maximum Gasteiger partial charge on any atom is 0.252 e. The van der Waals surface area contributed by atoms with Gasteiger partial charge < -0.3 is 29.4 Å². The monoisotopic (exact) mass is 1360 g/mol. The Bertz CT molecular complexity index is 5560. The maximum absolute atomic E-state index is 2.74. The van der Waals surface area contributed by atoms with Gasteiger partial charge in [-0.3, -0.25) is 0 Å². The van der Waals surface area contributed by atoms with E-state index in [4.69, 9.17) is 0 Å². The molecule has 0 spiro atoms. The number of aryl methyl sites for hydroxylation is 18. The lowest BCUT2D eigenvalue weighted by molar-refractivity contribution is 1.17. The van der Waals surface area contributed by atoms with Crippen LogP contribution in [0.5, 0.6) is 0 Å². The highest BCUT2D eigenvalue weighted by Gasteiger charge is 2.52. The Balaban J connectivity index is 0.969. The van der Waals surface area contributed by atoms with Crippen LogP contribution in [0.15, 0.2) is 200 Å². The molecule has 13 aromatic rings. The fourth-order valence-corrected chi connectivity index (χ4v) is 21.3. The van der Waals surface area contributed by atoms with Crippen molar-refractivity contribution in [3.05, 3.63) is 300 Å². The molecule has 19 rings (SSSR count). The molecular weight excluding hydrogens is 1270 g/mol. The van der Waals surface area contributed by atoms with Crippen LogP contribution in [-0.4, -0.2) is 20.1 Å². The lowest BCUT2D eigenvalue weighted by atomic mass is 9.29. The molecule has 0 N–H and O–H groups in total. The first-order chi connectivity index (χ1) is 50.5. The lowest BCUT2D eigenvalue weighted by Gasteiger charge is -2.49. The van der Waals surface area contributed by atoms with Crippen LogP contribution in [0.3, 0.4) is 0 Å². The van der Waals surface area contributed by atoms with Gasteiger partial charge in [-0.2, -0.15) is 0 Å². The van der Waals surface area contributed by atoms with E-state index in [1.165, 1.54) is 252 Å². The second-order valence-electron chi connectivity index (χ2n) is 32.0. The highest BCUT2D eigenvalue weighted by atomic mass is 15.2. The smallest absolute Gasteiger partial charge is 0.252 e. The standard InChI is InChI=1S/C96H87B3N6/c1-52-36-58(7)91(59(8)37-52)100-76-28-21-19-26-70(76)97-72-48-74-86(50-84(72)102(80-32-23-30-78(100)88(80)97)93-62(11)40-54(3)41-63(93)12)104(95-66(15)44-56(5)45-67(95)16)82-34-25-35-83-90(82)99(74)75-49-73-85(51-87(75)105(83)96-68(17)46-57(6)47-69(96)18)103(94-64(13)42-55(4)43-65(94)14)81-33-24-31-79-89(81)98(73)71-27-20-22-29-77(71)101(79)92-60(9)38-53(2)39-61(92)10/h19-51H,1-18H3. The van der Waals surface area contributed by atoms with Crippen LogP contribution >= 0.6 is 0 Å². The molecule has 6 nitrogen and oxygen atoms in total. The van der Waals surface area contributed by atoms with Gasteiger partial charge in [0.1, 0.15) is 0 Å². The first-order valence-corrected chi connectivity index (χ1v) is 37.7. The zero-order chi connectivity index (χ0) is 72.5. The van der Waals surface area contributed by atoms with Gasteiger partial charge in [-0.15, -0.1) is 0 Å². The van der Waals surface area contributed by atoms with E-state index in [1.54, 1.807) is 0 Å². The molecule has 0 aliphatic carbocycles. The summed E-state index contributed by atoms with van der Waals surface area (Å²) in [6.45, 7) is 40.9. The summed E-state index contributed by atoms with van der Waals surface area (Å²) in [5.74, 6) is 0. The van der Waals surface area contributed by atoms with Crippen molar-refractivity contribution < 1.29 is 0 Å². The van der Waals surface area contributed by atoms with Crippen molar-refractivity contribution in [1.82, 2.24) is 0 Å². The lowest BCUT2D eigenvalue weighted by Crippen LogP contribution is -2.67. The van der Waals surface area contributed by atoms with E-state index in [9.17, 15) is 0 Å². The summed E-state index contributed by atoms with van der Waals surface area (Å²) < 4.78 is 0. The van der Waals surface area contributed by atoms with Gasteiger partial charge in [0.05, 0.1) is 34.1 Å². The van der Waals surface area contributed by atoms with E-state index in [0.29, 0.717) is 0 Å². The summed E-state index contributed by atoms with van der Waals surface area (Å²) in [4.78, 5) is 16.0. The number of hydrogen-bond acceptors (Lipinski definition) is 6. The predicted octanol–water partition coefficient (Wildman–Crippen LogP) is 19.5. The van der Waals surface area contributed by atoms with Crippen LogP contribution in [-0.2, 0) is 0 Å². The zero-order valence-corrected chi connectivity index (χ0v) is 64.0. The number of anilines is 18. The number of benzene rings is 13. The van der Waals surface area contributed by atoms with Crippen molar-refractivity contribution in [2.45, 2.75) is 125 Å². The molecule has 0 amide bonds. The molecule has 0 radical (unpaired) electrons. The molecule has 0 saturated heterocycles. The molecule has 510 valence electrons. The number of fused-ring (bicyclic) bond motifs is 12. The SMILES string of the molecule is Cc1cc(C)c(N2c3ccccc3B3c4cc5c(cc4N(c4c(C)cc(C)cc4C)c4cccc2c43)N(c2c(C)cc(C)cc2C)c2cccc3c2B5c2cc4c(cc2N3c2c(C)cc(C)cc2C)N(c2c(C)cc(C)cc2C)c2cccc3c2B4c2ccccc2N3c2c(C)cc(C)cc2C)c(C)c1. The van der Waals surface area contributed by atoms with Gasteiger partial charge in [0.15, 0.2) is 0 Å². The number of nitrogens with zero attached hydrogens (tertiary/aromatic N) is 6. The third kappa shape index (κ3) is 9.19. The molecule has 0 bridgehead atoms. The number of para-hydroxylation sites is 2. The third-order valence-corrected chi connectivity index (χ3v) is 24.2. The summed E-state index contributed by atoms with van der Waals surface area (Å²) in [6.07, 6.45) is 0. The minimum Gasteiger partial charge on any atom is -0.311 e. The molecule has 0 fully saturated rings. The summed E-state index contributed by atoms with van der Waals surface area (Å²) in [7, 11) is 0. The van der Waals surface area contributed by atoms with Gasteiger partial charge in [0.25, 0.3) is 20.1 Å². The van der Waals surface area contributed by atoms with E-state index >= 15 is 0 Å². The van der Waals surface area contributed by atoms with Gasteiger partial charge in [-0.05, 0) is 301 Å². The summed E-state index contributed by atoms with van der Waals surface area (Å²) >= 11 is 0. The molecule has 105 heavy (non-hydrogen) atoms. The van der Waals surface area contributed by atoms with E-state index in [2.05, 4.69) is 354 Å². The minimum absolute atomic E-state index is 0.127. The highest BCUT2D eigenvalue weighted by molar-refractivity contribution is 7.04. The Morgan fingerprint density at radius 1 is 0.162 bits per heavy atom. The van der Waals surface area contributed by atoms with Crippen LogP contribution < -0.4 is 78.6 Å². The van der Waals surface area contributed by atoms with Gasteiger partial charge in [0, 0.05) is 68.2 Å². The average Bonchev–Trinajstić information content (AvgIpc) is 0.695. The Morgan fingerprint density at radius 2 is 0.333 bits per heavy atom. The van der Waals surface area contributed by atoms with Crippen molar-refractivity contribution >= 4 is 172 Å². The van der Waals surface area contributed by atoms with Crippen molar-refractivity contribution in [2.24, 2.45) is 0 Å². The molecule has 0 unspecified atom stereocenters. The van der Waals surface area contributed by atoms with Crippen molar-refractivity contribution in [3.8, 4) is 0 Å². The van der Waals surface area contributed by atoms with E-state index in [1.807, 2.05) is 0 Å². The summed E-state index contributed by atoms with van der Waals surface area (Å²) in [5.41, 5.74) is 56.4. The normalized spacial score (nSPS) is 13.8. The topological polar surface area (TPSA) is 19.4 Å². The van der Waals surface area contributed by atoms with E-state index in [-0.39, 0.29) is 20.1 Å². The van der Waals surface area contributed by atoms with Gasteiger partial charge in [-0.1, -0.05) is 173 Å². The quantitative estimate of drug-likeness (QED) is 0.153. The Kier molecular flexibility index (Phi) is 14.3. The molecule has 6 aliphatic rings. The zero-order valence-electron chi connectivity index (χ0n) is 64.0. The number of hydrogen-bond donors (Lipinski definition) is 0. The minimum atomic E-state index is -0.233. The van der Waals surface area contributed by atoms with E-state index < -0.39 is 0 Å². The second-order valence-corrected chi connectivity index (χ2v) is 32.0. The third-order valence-electron chi connectivity index (χ3n) is 24.2.